The van der Waals surface area contributed by atoms with E-state index in [0.29, 0.717) is 11.1 Å². The summed E-state index contributed by atoms with van der Waals surface area (Å²) in [5.41, 5.74) is 2.93. The lowest BCUT2D eigenvalue weighted by Gasteiger charge is -2.33. The monoisotopic (exact) mass is 660 g/mol. The van der Waals surface area contributed by atoms with Gasteiger partial charge in [0, 0.05) is 31.3 Å². The molecule has 32 heavy (non-hydrogen) atoms. The summed E-state index contributed by atoms with van der Waals surface area (Å²) < 4.78 is 1.77. The van der Waals surface area contributed by atoms with Crippen molar-refractivity contribution in [1.29, 1.82) is 0 Å². The molecule has 0 fully saturated rings. The summed E-state index contributed by atoms with van der Waals surface area (Å²) in [5.74, 6) is -0.00586. The molecule has 0 aromatic heterocycles. The minimum absolute atomic E-state index is 0.00293. The maximum atomic E-state index is 13.8. The third-order valence-electron chi connectivity index (χ3n) is 5.44. The van der Waals surface area contributed by atoms with Gasteiger partial charge in [-0.25, -0.2) is 0 Å². The lowest BCUT2D eigenvalue weighted by molar-refractivity contribution is 0.0631. The number of rotatable bonds is 7. The molecule has 2 aromatic rings. The highest BCUT2D eigenvalue weighted by molar-refractivity contribution is 14.1. The number of halogens is 2. The second-order valence-corrected chi connectivity index (χ2v) is 11.4. The predicted molar refractivity (Wildman–Crippen MR) is 150 cm³/mol. The number of hydrogen-bond donors (Lipinski definition) is 0. The molecule has 6 heteroatoms. The van der Waals surface area contributed by atoms with E-state index in [1.807, 2.05) is 102 Å². The molecule has 174 valence electrons. The average molecular weight is 660 g/mol. The van der Waals surface area contributed by atoms with Crippen LogP contribution in [-0.4, -0.2) is 45.8 Å². The maximum Gasteiger partial charge on any atom is 0.256 e. The molecule has 0 aliphatic heterocycles. The average Bonchev–Trinajstić information content (AvgIpc) is 2.66. The molecule has 0 radical (unpaired) electrons. The first-order valence-corrected chi connectivity index (χ1v) is 13.3. The molecule has 2 aromatic carbocycles. The van der Waals surface area contributed by atoms with E-state index in [1.165, 1.54) is 0 Å². The number of carbonyl (C=O) groups is 2. The largest absolute Gasteiger partial charge is 0.334 e. The highest BCUT2D eigenvalue weighted by atomic mass is 127. The summed E-state index contributed by atoms with van der Waals surface area (Å²) in [4.78, 5) is 31.4. The van der Waals surface area contributed by atoms with Gasteiger partial charge in [0.1, 0.15) is 0 Å². The molecule has 0 N–H and O–H groups in total. The van der Waals surface area contributed by atoms with Crippen LogP contribution in [0.4, 0.5) is 0 Å². The van der Waals surface area contributed by atoms with Crippen LogP contribution in [0.5, 0.6) is 0 Å². The second-order valence-electron chi connectivity index (χ2n) is 9.12. The lowest BCUT2D eigenvalue weighted by atomic mass is 9.93. The summed E-state index contributed by atoms with van der Waals surface area (Å²) >= 11 is 4.47. The molecule has 0 aliphatic carbocycles. The van der Waals surface area contributed by atoms with Crippen molar-refractivity contribution >= 4 is 57.0 Å². The second kappa shape index (κ2) is 11.3. The number of benzene rings is 2. The maximum absolute atomic E-state index is 13.8. The fraction of sp³-hybridized carbons (Fsp3) is 0.462. The molecule has 0 unspecified atom stereocenters. The van der Waals surface area contributed by atoms with Crippen LogP contribution in [0, 0.1) is 7.14 Å². The molecule has 0 saturated heterocycles. The number of nitrogens with zero attached hydrogens (tertiary/aromatic N) is 2. The van der Waals surface area contributed by atoms with Crippen molar-refractivity contribution in [3.8, 4) is 11.1 Å². The molecule has 0 bridgehead atoms. The summed E-state index contributed by atoms with van der Waals surface area (Å²) in [5, 5.41) is 0. The molecule has 0 atom stereocenters. The first-order valence-electron chi connectivity index (χ1n) is 11.1. The van der Waals surface area contributed by atoms with E-state index >= 15 is 0 Å². The highest BCUT2D eigenvalue weighted by Gasteiger charge is 2.30. The number of carbonyl (C=O) groups excluding carboxylic acids is 2. The van der Waals surface area contributed by atoms with Gasteiger partial charge in [0.25, 0.3) is 11.8 Å². The molecule has 0 saturated carbocycles. The molecule has 0 heterocycles. The van der Waals surface area contributed by atoms with E-state index in [0.717, 1.165) is 18.3 Å². The lowest BCUT2D eigenvalue weighted by Crippen LogP contribution is -2.43. The Bertz CT molecular complexity index is 888. The van der Waals surface area contributed by atoms with Gasteiger partial charge in [0.15, 0.2) is 0 Å². The van der Waals surface area contributed by atoms with Crippen LogP contribution in [0.15, 0.2) is 36.4 Å². The van der Waals surface area contributed by atoms with Crippen LogP contribution >= 0.6 is 45.2 Å². The van der Waals surface area contributed by atoms with Gasteiger partial charge in [-0.2, -0.15) is 0 Å². The standard InChI is InChI=1S/C26H34I2N2O2/c1-15(2)29(16(3)4)25(31)23-19(11-9-13-21(23)27)20-12-10-14-22(28)24(20)26(32)30(17(5)6)18(7)8/h9-18H,1-8H3. The van der Waals surface area contributed by atoms with Crippen molar-refractivity contribution in [2.75, 3.05) is 0 Å². The van der Waals surface area contributed by atoms with Crippen LogP contribution in [-0.2, 0) is 0 Å². The van der Waals surface area contributed by atoms with Crippen LogP contribution in [0.25, 0.3) is 11.1 Å². The smallest absolute Gasteiger partial charge is 0.256 e. The zero-order chi connectivity index (χ0) is 24.3. The summed E-state index contributed by atoms with van der Waals surface area (Å²) in [6.07, 6.45) is 0. The van der Waals surface area contributed by atoms with Crippen molar-refractivity contribution in [1.82, 2.24) is 9.80 Å². The van der Waals surface area contributed by atoms with Gasteiger partial charge in [-0.05, 0) is 124 Å². The minimum Gasteiger partial charge on any atom is -0.334 e. The number of amides is 2. The summed E-state index contributed by atoms with van der Waals surface area (Å²) in [6, 6.07) is 12.0. The SMILES string of the molecule is CC(C)N(C(=O)c1c(I)cccc1-c1cccc(I)c1C(=O)N(C(C)C)C(C)C)C(C)C. The van der Waals surface area contributed by atoms with Gasteiger partial charge in [-0.15, -0.1) is 0 Å². The van der Waals surface area contributed by atoms with E-state index in [9.17, 15) is 9.59 Å². The Hall–Kier alpha value is -1.16. The van der Waals surface area contributed by atoms with Crippen molar-refractivity contribution in [2.45, 2.75) is 79.6 Å². The minimum atomic E-state index is -0.00293. The van der Waals surface area contributed by atoms with Crippen LogP contribution in [0.3, 0.4) is 0 Å². The number of hydrogen-bond acceptors (Lipinski definition) is 2. The van der Waals surface area contributed by atoms with Gasteiger partial charge in [0.2, 0.25) is 0 Å². The summed E-state index contributed by atoms with van der Waals surface area (Å²) in [7, 11) is 0. The molecule has 4 nitrogen and oxygen atoms in total. The van der Waals surface area contributed by atoms with E-state index in [4.69, 9.17) is 0 Å². The Morgan fingerprint density at radius 3 is 1.12 bits per heavy atom. The first kappa shape index (κ1) is 27.1. The van der Waals surface area contributed by atoms with Crippen LogP contribution in [0.2, 0.25) is 0 Å². The highest BCUT2D eigenvalue weighted by Crippen LogP contribution is 2.35. The van der Waals surface area contributed by atoms with Crippen molar-refractivity contribution < 1.29 is 9.59 Å². The van der Waals surface area contributed by atoms with E-state index in [1.54, 1.807) is 0 Å². The Morgan fingerprint density at radius 1 is 0.594 bits per heavy atom. The van der Waals surface area contributed by atoms with Gasteiger partial charge in [0.05, 0.1) is 11.1 Å². The topological polar surface area (TPSA) is 40.6 Å². The molecular weight excluding hydrogens is 626 g/mol. The fourth-order valence-corrected chi connectivity index (χ4v) is 5.78. The van der Waals surface area contributed by atoms with Gasteiger partial charge in [-0.1, -0.05) is 24.3 Å². The molecule has 2 amide bonds. The van der Waals surface area contributed by atoms with E-state index < -0.39 is 0 Å². The quantitative estimate of drug-likeness (QED) is 0.298. The van der Waals surface area contributed by atoms with Crippen molar-refractivity contribution in [3.05, 3.63) is 54.7 Å². The normalized spacial score (nSPS) is 11.6. The molecule has 0 aliphatic rings. The zero-order valence-corrected chi connectivity index (χ0v) is 24.6. The Balaban J connectivity index is 2.79. The van der Waals surface area contributed by atoms with Crippen molar-refractivity contribution in [3.63, 3.8) is 0 Å². The zero-order valence-electron chi connectivity index (χ0n) is 20.2. The molecular formula is C26H34I2N2O2. The Morgan fingerprint density at radius 2 is 0.875 bits per heavy atom. The van der Waals surface area contributed by atoms with Crippen LogP contribution < -0.4 is 0 Å². The predicted octanol–water partition coefficient (Wildman–Crippen LogP) is 7.08. The van der Waals surface area contributed by atoms with E-state index in [2.05, 4.69) is 45.2 Å². The van der Waals surface area contributed by atoms with Crippen molar-refractivity contribution in [2.24, 2.45) is 0 Å². The molecule has 0 spiro atoms. The van der Waals surface area contributed by atoms with Gasteiger partial charge in [-0.3, -0.25) is 9.59 Å². The Kier molecular flexibility index (Phi) is 9.58. The van der Waals surface area contributed by atoms with E-state index in [-0.39, 0.29) is 36.0 Å². The van der Waals surface area contributed by atoms with Gasteiger partial charge < -0.3 is 9.80 Å². The third-order valence-corrected chi connectivity index (χ3v) is 7.24. The summed E-state index contributed by atoms with van der Waals surface area (Å²) in [6.45, 7) is 16.3. The van der Waals surface area contributed by atoms with Crippen LogP contribution in [0.1, 0.15) is 76.1 Å². The fourth-order valence-electron chi connectivity index (χ4n) is 4.32. The molecule has 2 rings (SSSR count). The first-order chi connectivity index (χ1) is 14.9. The van der Waals surface area contributed by atoms with Gasteiger partial charge >= 0.3 is 0 Å². The third kappa shape index (κ3) is 5.66. The Labute approximate surface area is 220 Å².